The molecule has 0 fully saturated rings. The third-order valence-corrected chi connectivity index (χ3v) is 3.76. The molecule has 0 aliphatic carbocycles. The lowest BCUT2D eigenvalue weighted by Crippen LogP contribution is -2.40. The van der Waals surface area contributed by atoms with Crippen molar-refractivity contribution in [2.24, 2.45) is 0 Å². The number of carbonyl (C=O) groups is 2. The van der Waals surface area contributed by atoms with Gasteiger partial charge in [-0.05, 0) is 61.4 Å². The van der Waals surface area contributed by atoms with Gasteiger partial charge in [0, 0.05) is 16.7 Å². The Morgan fingerprint density at radius 2 is 1.84 bits per heavy atom. The zero-order chi connectivity index (χ0) is 18.2. The number of hydrogen-bond donors (Lipinski definition) is 2. The predicted octanol–water partition coefficient (Wildman–Crippen LogP) is 3.52. The second-order valence-electron chi connectivity index (χ2n) is 5.24. The molecule has 2 amide bonds. The van der Waals surface area contributed by atoms with Gasteiger partial charge >= 0.3 is 0 Å². The van der Waals surface area contributed by atoms with Crippen LogP contribution in [-0.4, -0.2) is 18.4 Å². The molecule has 0 spiro atoms. The van der Waals surface area contributed by atoms with Crippen LogP contribution in [0.1, 0.15) is 28.4 Å². The molecular formula is C19H19ClN2O3. The number of rotatable bonds is 5. The molecule has 0 radical (unpaired) electrons. The summed E-state index contributed by atoms with van der Waals surface area (Å²) < 4.78 is 5.31. The molecule has 2 aromatic carbocycles. The number of hydrogen-bond acceptors (Lipinski definition) is 3. The highest BCUT2D eigenvalue weighted by molar-refractivity contribution is 6.31. The number of benzene rings is 2. The summed E-state index contributed by atoms with van der Waals surface area (Å²) in [4.78, 5) is 23.7. The largest absolute Gasteiger partial charge is 0.494 e. The van der Waals surface area contributed by atoms with Crippen LogP contribution in [0.5, 0.6) is 5.75 Å². The quantitative estimate of drug-likeness (QED) is 0.634. The van der Waals surface area contributed by atoms with Gasteiger partial charge in [-0.25, -0.2) is 0 Å². The summed E-state index contributed by atoms with van der Waals surface area (Å²) in [5.41, 5.74) is 6.85. The Bertz CT molecular complexity index is 786. The van der Waals surface area contributed by atoms with Gasteiger partial charge in [0.15, 0.2) is 0 Å². The lowest BCUT2D eigenvalue weighted by Gasteiger charge is -2.07. The monoisotopic (exact) mass is 358 g/mol. The molecule has 0 aliphatic rings. The van der Waals surface area contributed by atoms with Crippen molar-refractivity contribution >= 4 is 29.5 Å². The highest BCUT2D eigenvalue weighted by Crippen LogP contribution is 2.17. The van der Waals surface area contributed by atoms with Gasteiger partial charge in [-0.3, -0.25) is 20.4 Å². The van der Waals surface area contributed by atoms with Gasteiger partial charge in [0.05, 0.1) is 6.61 Å². The van der Waals surface area contributed by atoms with Gasteiger partial charge in [0.25, 0.3) is 11.8 Å². The molecule has 0 atom stereocenters. The summed E-state index contributed by atoms with van der Waals surface area (Å²) in [5.74, 6) is -0.179. The summed E-state index contributed by atoms with van der Waals surface area (Å²) in [6.45, 7) is 4.34. The van der Waals surface area contributed by atoms with E-state index in [1.165, 1.54) is 6.08 Å². The second kappa shape index (κ2) is 8.89. The molecule has 2 aromatic rings. The summed E-state index contributed by atoms with van der Waals surface area (Å²) in [7, 11) is 0. The van der Waals surface area contributed by atoms with Crippen LogP contribution in [0.2, 0.25) is 5.02 Å². The summed E-state index contributed by atoms with van der Waals surface area (Å²) in [6.07, 6.45) is 2.93. The normalized spacial score (nSPS) is 10.5. The van der Waals surface area contributed by atoms with E-state index in [1.807, 2.05) is 26.0 Å². The van der Waals surface area contributed by atoms with Crippen molar-refractivity contribution in [3.8, 4) is 5.75 Å². The predicted molar refractivity (Wildman–Crippen MR) is 98.4 cm³/mol. The zero-order valence-corrected chi connectivity index (χ0v) is 14.8. The van der Waals surface area contributed by atoms with E-state index in [4.69, 9.17) is 16.3 Å². The molecule has 0 heterocycles. The van der Waals surface area contributed by atoms with Crippen LogP contribution in [0.15, 0.2) is 48.5 Å². The van der Waals surface area contributed by atoms with Crippen LogP contribution in [0.3, 0.4) is 0 Å². The van der Waals surface area contributed by atoms with Crippen molar-refractivity contribution < 1.29 is 14.3 Å². The average molecular weight is 359 g/mol. The SMILES string of the molecule is CCOc1ccc(C(=O)NNC(=O)/C=C/c2ccc(C)c(Cl)c2)cc1. The van der Waals surface area contributed by atoms with Crippen molar-refractivity contribution in [2.75, 3.05) is 6.61 Å². The van der Waals surface area contributed by atoms with E-state index in [1.54, 1.807) is 36.4 Å². The third kappa shape index (κ3) is 5.65. The molecule has 6 heteroatoms. The smallest absolute Gasteiger partial charge is 0.269 e. The van der Waals surface area contributed by atoms with E-state index in [-0.39, 0.29) is 0 Å². The van der Waals surface area contributed by atoms with E-state index >= 15 is 0 Å². The van der Waals surface area contributed by atoms with Crippen LogP contribution in [0, 0.1) is 6.92 Å². The van der Waals surface area contributed by atoms with Crippen LogP contribution in [-0.2, 0) is 4.79 Å². The fraction of sp³-hybridized carbons (Fsp3) is 0.158. The van der Waals surface area contributed by atoms with Crippen LogP contribution in [0.4, 0.5) is 0 Å². The molecule has 2 N–H and O–H groups in total. The minimum atomic E-state index is -0.448. The number of amides is 2. The van der Waals surface area contributed by atoms with Crippen molar-refractivity contribution in [1.29, 1.82) is 0 Å². The number of hydrazine groups is 1. The summed E-state index contributed by atoms with van der Waals surface area (Å²) in [5, 5.41) is 0.631. The van der Waals surface area contributed by atoms with Crippen LogP contribution < -0.4 is 15.6 Å². The maximum absolute atomic E-state index is 12.0. The Kier molecular flexibility index (Phi) is 6.60. The maximum atomic E-state index is 12.0. The topological polar surface area (TPSA) is 67.4 Å². The molecule has 2 rings (SSSR count). The van der Waals surface area contributed by atoms with Gasteiger partial charge in [-0.15, -0.1) is 0 Å². The number of halogens is 1. The minimum absolute atomic E-state index is 0.414. The Balaban J connectivity index is 1.87. The van der Waals surface area contributed by atoms with E-state index in [2.05, 4.69) is 10.9 Å². The summed E-state index contributed by atoms with van der Waals surface area (Å²) in [6, 6.07) is 12.1. The molecular weight excluding hydrogens is 340 g/mol. The van der Waals surface area contributed by atoms with Gasteiger partial charge in [-0.1, -0.05) is 23.7 Å². The Morgan fingerprint density at radius 3 is 2.48 bits per heavy atom. The first-order chi connectivity index (χ1) is 12.0. The molecule has 130 valence electrons. The Morgan fingerprint density at radius 1 is 1.12 bits per heavy atom. The lowest BCUT2D eigenvalue weighted by atomic mass is 10.1. The van der Waals surface area contributed by atoms with E-state index in [0.717, 1.165) is 11.1 Å². The van der Waals surface area contributed by atoms with Gasteiger partial charge < -0.3 is 4.74 Å². The maximum Gasteiger partial charge on any atom is 0.269 e. The molecule has 25 heavy (non-hydrogen) atoms. The molecule has 0 unspecified atom stereocenters. The third-order valence-electron chi connectivity index (χ3n) is 3.35. The minimum Gasteiger partial charge on any atom is -0.494 e. The van der Waals surface area contributed by atoms with Gasteiger partial charge in [-0.2, -0.15) is 0 Å². The van der Waals surface area contributed by atoms with Crippen molar-refractivity contribution in [3.63, 3.8) is 0 Å². The second-order valence-corrected chi connectivity index (χ2v) is 5.65. The van der Waals surface area contributed by atoms with Crippen molar-refractivity contribution in [2.45, 2.75) is 13.8 Å². The molecule has 0 saturated heterocycles. The average Bonchev–Trinajstić information content (AvgIpc) is 2.61. The number of carbonyl (C=O) groups excluding carboxylic acids is 2. The fourth-order valence-electron chi connectivity index (χ4n) is 1.99. The molecule has 0 aliphatic heterocycles. The van der Waals surface area contributed by atoms with Crippen LogP contribution in [0.25, 0.3) is 6.08 Å². The molecule has 0 bridgehead atoms. The number of nitrogens with one attached hydrogen (secondary N) is 2. The highest BCUT2D eigenvalue weighted by atomic mass is 35.5. The molecule has 5 nitrogen and oxygen atoms in total. The standard InChI is InChI=1S/C19H19ClN2O3/c1-3-25-16-9-7-15(8-10-16)19(24)22-21-18(23)11-6-14-5-4-13(2)17(20)12-14/h4-12H,3H2,1-2H3,(H,21,23)(H,22,24)/b11-6+. The Labute approximate surface area is 151 Å². The van der Waals surface area contributed by atoms with E-state index < -0.39 is 11.8 Å². The number of ether oxygens (including phenoxy) is 1. The summed E-state index contributed by atoms with van der Waals surface area (Å²) >= 11 is 6.03. The first-order valence-corrected chi connectivity index (χ1v) is 8.15. The first kappa shape index (κ1) is 18.5. The van der Waals surface area contributed by atoms with E-state index in [0.29, 0.717) is 22.9 Å². The molecule has 0 aromatic heterocycles. The fourth-order valence-corrected chi connectivity index (χ4v) is 2.18. The van der Waals surface area contributed by atoms with Crippen LogP contribution >= 0.6 is 11.6 Å². The molecule has 0 saturated carbocycles. The van der Waals surface area contributed by atoms with Gasteiger partial charge in [0.2, 0.25) is 0 Å². The Hall–Kier alpha value is -2.79. The first-order valence-electron chi connectivity index (χ1n) is 7.77. The van der Waals surface area contributed by atoms with E-state index in [9.17, 15) is 9.59 Å². The number of aryl methyl sites for hydroxylation is 1. The van der Waals surface area contributed by atoms with Crippen molar-refractivity contribution in [1.82, 2.24) is 10.9 Å². The highest BCUT2D eigenvalue weighted by Gasteiger charge is 2.06. The van der Waals surface area contributed by atoms with Gasteiger partial charge in [0.1, 0.15) is 5.75 Å². The lowest BCUT2D eigenvalue weighted by molar-refractivity contribution is -0.117. The van der Waals surface area contributed by atoms with Crippen molar-refractivity contribution in [3.05, 3.63) is 70.3 Å². The zero-order valence-electron chi connectivity index (χ0n) is 14.0.